The third-order valence-corrected chi connectivity index (χ3v) is 6.53. The Morgan fingerprint density at radius 2 is 2.00 bits per heavy atom. The van der Waals surface area contributed by atoms with Crippen LogP contribution in [-0.2, 0) is 6.54 Å². The molecule has 0 amide bonds. The molecule has 2 saturated carbocycles. The molecule has 0 bridgehead atoms. The Morgan fingerprint density at radius 1 is 1.19 bits per heavy atom. The van der Waals surface area contributed by atoms with Gasteiger partial charge in [0, 0.05) is 36.5 Å². The Kier molecular flexibility index (Phi) is 4.62. The van der Waals surface area contributed by atoms with Gasteiger partial charge >= 0.3 is 0 Å². The number of hydrogen-bond acceptors (Lipinski definition) is 4. The van der Waals surface area contributed by atoms with Crippen molar-refractivity contribution in [2.75, 3.05) is 13.1 Å². The molecule has 27 heavy (non-hydrogen) atoms. The molecule has 2 aromatic rings. The predicted molar refractivity (Wildman–Crippen MR) is 104 cm³/mol. The zero-order valence-electron chi connectivity index (χ0n) is 15.4. The highest BCUT2D eigenvalue weighted by molar-refractivity contribution is 6.30. The molecule has 5 nitrogen and oxygen atoms in total. The average molecular weight is 388 g/mol. The number of fused-ring (bicyclic) bond motifs is 1. The summed E-state index contributed by atoms with van der Waals surface area (Å²) in [6.07, 6.45) is 7.74. The molecule has 6 heteroatoms. The zero-order chi connectivity index (χ0) is 18.4. The highest BCUT2D eigenvalue weighted by Gasteiger charge is 2.43. The maximum atomic E-state index is 10.6. The van der Waals surface area contributed by atoms with Crippen molar-refractivity contribution in [1.82, 2.24) is 14.5 Å². The van der Waals surface area contributed by atoms with Gasteiger partial charge < -0.3 is 14.4 Å². The second kappa shape index (κ2) is 7.12. The average Bonchev–Trinajstić information content (AvgIpc) is 3.26. The molecule has 3 aliphatic rings. The highest BCUT2D eigenvalue weighted by atomic mass is 35.5. The summed E-state index contributed by atoms with van der Waals surface area (Å²) >= 11 is 6.06. The molecule has 1 N–H and O–H groups in total. The van der Waals surface area contributed by atoms with E-state index >= 15 is 0 Å². The van der Waals surface area contributed by atoms with Crippen LogP contribution in [0.5, 0.6) is 5.75 Å². The van der Waals surface area contributed by atoms with Crippen molar-refractivity contribution in [1.29, 1.82) is 0 Å². The largest absolute Gasteiger partial charge is 0.488 e. The molecule has 1 saturated heterocycles. The lowest BCUT2D eigenvalue weighted by molar-refractivity contribution is -0.0231. The van der Waals surface area contributed by atoms with Crippen LogP contribution in [0.25, 0.3) is 0 Å². The van der Waals surface area contributed by atoms with Crippen molar-refractivity contribution in [3.8, 4) is 5.75 Å². The molecule has 4 atom stereocenters. The first-order valence-electron chi connectivity index (χ1n) is 10.00. The smallest absolute Gasteiger partial charge is 0.125 e. The molecule has 1 aliphatic heterocycles. The predicted octanol–water partition coefficient (Wildman–Crippen LogP) is 3.52. The van der Waals surface area contributed by atoms with Crippen molar-refractivity contribution < 1.29 is 9.84 Å². The minimum absolute atomic E-state index is 0.155. The van der Waals surface area contributed by atoms with Crippen LogP contribution < -0.4 is 4.74 Å². The molecular weight excluding hydrogens is 362 g/mol. The fraction of sp³-hybridized carbons (Fsp3) is 0.571. The Balaban J connectivity index is 1.22. The Hall–Kier alpha value is -1.56. The summed E-state index contributed by atoms with van der Waals surface area (Å²) in [4.78, 5) is 7.09. The number of ether oxygens (including phenoxy) is 1. The van der Waals surface area contributed by atoms with Crippen molar-refractivity contribution >= 4 is 11.6 Å². The van der Waals surface area contributed by atoms with E-state index in [1.807, 2.05) is 30.5 Å². The minimum atomic E-state index is -0.418. The van der Waals surface area contributed by atoms with Crippen LogP contribution in [0.4, 0.5) is 0 Å². The number of hydrogen-bond donors (Lipinski definition) is 1. The molecule has 144 valence electrons. The van der Waals surface area contributed by atoms with Gasteiger partial charge in [0.15, 0.2) is 0 Å². The molecule has 2 aliphatic carbocycles. The van der Waals surface area contributed by atoms with E-state index < -0.39 is 6.10 Å². The maximum absolute atomic E-state index is 10.6. The van der Waals surface area contributed by atoms with Crippen LogP contribution >= 0.6 is 11.6 Å². The van der Waals surface area contributed by atoms with Crippen LogP contribution in [0.15, 0.2) is 36.7 Å². The maximum Gasteiger partial charge on any atom is 0.125 e. The molecule has 1 aromatic carbocycles. The molecule has 0 spiro atoms. The van der Waals surface area contributed by atoms with E-state index in [4.69, 9.17) is 16.3 Å². The van der Waals surface area contributed by atoms with E-state index in [1.54, 1.807) is 0 Å². The number of halogens is 1. The van der Waals surface area contributed by atoms with Crippen LogP contribution in [0.2, 0.25) is 5.02 Å². The lowest BCUT2D eigenvalue weighted by atomic mass is 9.78. The van der Waals surface area contributed by atoms with Gasteiger partial charge in [-0.1, -0.05) is 17.7 Å². The Labute approximate surface area is 164 Å². The first-order valence-corrected chi connectivity index (χ1v) is 10.4. The van der Waals surface area contributed by atoms with E-state index in [9.17, 15) is 5.11 Å². The lowest BCUT2D eigenvalue weighted by Crippen LogP contribution is -2.42. The number of aliphatic hydroxyl groups is 1. The third-order valence-electron chi connectivity index (χ3n) is 6.30. The van der Waals surface area contributed by atoms with E-state index in [1.165, 1.54) is 18.7 Å². The topological polar surface area (TPSA) is 50.5 Å². The molecule has 1 aromatic heterocycles. The summed E-state index contributed by atoms with van der Waals surface area (Å²) in [6, 6.07) is 8.11. The minimum Gasteiger partial charge on any atom is -0.488 e. The summed E-state index contributed by atoms with van der Waals surface area (Å²) in [5.74, 6) is 3.04. The summed E-state index contributed by atoms with van der Waals surface area (Å²) in [6.45, 7) is 3.01. The molecule has 0 unspecified atom stereocenters. The standard InChI is InChI=1S/C21H26ClN3O2/c22-16-2-1-3-18(10-16)27-20-9-15-12-24(11-14(15)8-19(20)26)13-21-23-6-7-25(21)17-4-5-17/h1-3,6-7,10,14-15,17,19-20,26H,4-5,8-9,11-13H2/t14-,15+,19+,20+/m0/s1. The summed E-state index contributed by atoms with van der Waals surface area (Å²) in [5.41, 5.74) is 0. The first kappa shape index (κ1) is 17.5. The van der Waals surface area contributed by atoms with Gasteiger partial charge in [0.2, 0.25) is 0 Å². The number of aromatic nitrogens is 2. The first-order chi connectivity index (χ1) is 13.2. The van der Waals surface area contributed by atoms with Crippen LogP contribution in [0, 0.1) is 11.8 Å². The second-order valence-electron chi connectivity index (χ2n) is 8.35. The number of imidazole rings is 1. The van der Waals surface area contributed by atoms with E-state index in [0.29, 0.717) is 22.9 Å². The normalized spacial score (nSPS) is 31.0. The summed E-state index contributed by atoms with van der Waals surface area (Å²) in [5, 5.41) is 11.3. The fourth-order valence-electron chi connectivity index (χ4n) is 4.81. The molecule has 3 fully saturated rings. The monoisotopic (exact) mass is 387 g/mol. The van der Waals surface area contributed by atoms with Gasteiger partial charge in [0.1, 0.15) is 17.7 Å². The van der Waals surface area contributed by atoms with E-state index in [2.05, 4.69) is 20.6 Å². The van der Waals surface area contributed by atoms with Crippen molar-refractivity contribution in [3.05, 3.63) is 47.5 Å². The highest BCUT2D eigenvalue weighted by Crippen LogP contribution is 2.39. The van der Waals surface area contributed by atoms with Crippen LogP contribution in [0.1, 0.15) is 37.5 Å². The van der Waals surface area contributed by atoms with Gasteiger partial charge in [0.25, 0.3) is 0 Å². The van der Waals surface area contributed by atoms with Crippen LogP contribution in [0.3, 0.4) is 0 Å². The third kappa shape index (κ3) is 3.73. The summed E-state index contributed by atoms with van der Waals surface area (Å²) < 4.78 is 8.44. The lowest BCUT2D eigenvalue weighted by Gasteiger charge is -2.35. The van der Waals surface area contributed by atoms with Gasteiger partial charge in [-0.3, -0.25) is 4.90 Å². The number of rotatable bonds is 5. The van der Waals surface area contributed by atoms with Gasteiger partial charge in [0.05, 0.1) is 12.6 Å². The van der Waals surface area contributed by atoms with Gasteiger partial charge in [-0.15, -0.1) is 0 Å². The number of likely N-dealkylation sites (tertiary alicyclic amines) is 1. The van der Waals surface area contributed by atoms with Gasteiger partial charge in [-0.25, -0.2) is 4.98 Å². The van der Waals surface area contributed by atoms with Crippen molar-refractivity contribution in [3.63, 3.8) is 0 Å². The number of nitrogens with zero attached hydrogens (tertiary/aromatic N) is 3. The Bertz CT molecular complexity index is 806. The van der Waals surface area contributed by atoms with Gasteiger partial charge in [-0.2, -0.15) is 0 Å². The quantitative estimate of drug-likeness (QED) is 0.852. The zero-order valence-corrected chi connectivity index (χ0v) is 16.1. The number of aliphatic hydroxyl groups excluding tert-OH is 1. The molecule has 2 heterocycles. The number of benzene rings is 1. The SMILES string of the molecule is O[C@@H]1C[C@H]2CN(Cc3nccn3C3CC3)C[C@H]2C[C@H]1Oc1cccc(Cl)c1. The van der Waals surface area contributed by atoms with Crippen molar-refractivity contribution in [2.24, 2.45) is 11.8 Å². The molecule has 0 radical (unpaired) electrons. The second-order valence-corrected chi connectivity index (χ2v) is 8.79. The van der Waals surface area contributed by atoms with E-state index in [0.717, 1.165) is 38.2 Å². The summed E-state index contributed by atoms with van der Waals surface area (Å²) in [7, 11) is 0. The Morgan fingerprint density at radius 3 is 2.78 bits per heavy atom. The molecular formula is C21H26ClN3O2. The van der Waals surface area contributed by atoms with Gasteiger partial charge in [-0.05, 0) is 55.7 Å². The molecule has 5 rings (SSSR count). The van der Waals surface area contributed by atoms with Crippen molar-refractivity contribution in [2.45, 2.75) is 50.5 Å². The van der Waals surface area contributed by atoms with Crippen LogP contribution in [-0.4, -0.2) is 44.9 Å². The van der Waals surface area contributed by atoms with E-state index in [-0.39, 0.29) is 6.10 Å². The fourth-order valence-corrected chi connectivity index (χ4v) is 4.99.